The summed E-state index contributed by atoms with van der Waals surface area (Å²) in [6, 6.07) is 13.2. The van der Waals surface area contributed by atoms with E-state index in [2.05, 4.69) is 0 Å². The van der Waals surface area contributed by atoms with Crippen molar-refractivity contribution in [1.82, 2.24) is 0 Å². The number of ether oxygens (including phenoxy) is 2. The minimum Gasteiger partial charge on any atom is -0.497 e. The Morgan fingerprint density at radius 3 is 2.45 bits per heavy atom. The summed E-state index contributed by atoms with van der Waals surface area (Å²) in [4.78, 5) is 11.1. The zero-order chi connectivity index (χ0) is 14.8. The topological polar surface area (TPSA) is 59.3 Å². The second-order valence-corrected chi connectivity index (χ2v) is 4.67. The number of hydrogen-bond donors (Lipinski definition) is 0. The number of methoxy groups -OCH3 is 1. The zero-order valence-electron chi connectivity index (χ0n) is 11.6. The third kappa shape index (κ3) is 2.57. The van der Waals surface area contributed by atoms with Crippen molar-refractivity contribution in [2.45, 2.75) is 19.4 Å². The number of benzene rings is 2. The van der Waals surface area contributed by atoms with E-state index in [1.165, 1.54) is 6.92 Å². The first kappa shape index (κ1) is 13.9. The van der Waals surface area contributed by atoms with E-state index < -0.39 is 11.6 Å². The second-order valence-electron chi connectivity index (χ2n) is 4.67. The molecule has 2 rings (SSSR count). The molecule has 2 aromatic carbocycles. The molecule has 102 valence electrons. The molecule has 20 heavy (non-hydrogen) atoms. The Kier molecular flexibility index (Phi) is 3.62. The number of hydrogen-bond acceptors (Lipinski definition) is 4. The highest BCUT2D eigenvalue weighted by molar-refractivity contribution is 5.85. The number of carbonyl (C=O) groups is 1. The first-order valence-electron chi connectivity index (χ1n) is 6.17. The summed E-state index contributed by atoms with van der Waals surface area (Å²) in [6.45, 7) is 2.88. The van der Waals surface area contributed by atoms with E-state index in [9.17, 15) is 10.1 Å². The Labute approximate surface area is 117 Å². The molecule has 0 aliphatic carbocycles. The van der Waals surface area contributed by atoms with Crippen LogP contribution in [0.15, 0.2) is 36.4 Å². The summed E-state index contributed by atoms with van der Waals surface area (Å²) < 4.78 is 10.3. The fraction of sp³-hybridized carbons (Fsp3) is 0.250. The van der Waals surface area contributed by atoms with Crippen LogP contribution in [0.3, 0.4) is 0 Å². The van der Waals surface area contributed by atoms with Gasteiger partial charge < -0.3 is 9.47 Å². The lowest BCUT2D eigenvalue weighted by atomic mass is 9.94. The highest BCUT2D eigenvalue weighted by Crippen LogP contribution is 2.29. The Balaban J connectivity index is 2.51. The Bertz CT molecular complexity index is 702. The van der Waals surface area contributed by atoms with Crippen molar-refractivity contribution < 1.29 is 14.3 Å². The summed E-state index contributed by atoms with van der Waals surface area (Å²) >= 11 is 0. The number of rotatable bonds is 3. The molecule has 0 amide bonds. The van der Waals surface area contributed by atoms with Crippen LogP contribution in [0.25, 0.3) is 10.8 Å². The van der Waals surface area contributed by atoms with Gasteiger partial charge >= 0.3 is 5.97 Å². The van der Waals surface area contributed by atoms with Gasteiger partial charge in [0, 0.05) is 12.5 Å². The Morgan fingerprint density at radius 1 is 1.20 bits per heavy atom. The summed E-state index contributed by atoms with van der Waals surface area (Å²) in [5.41, 5.74) is -0.632. The molecule has 0 N–H and O–H groups in total. The largest absolute Gasteiger partial charge is 0.497 e. The molecule has 0 bridgehead atoms. The number of nitrogens with zero attached hydrogens (tertiary/aromatic N) is 1. The van der Waals surface area contributed by atoms with E-state index >= 15 is 0 Å². The van der Waals surface area contributed by atoms with Crippen molar-refractivity contribution in [2.24, 2.45) is 0 Å². The van der Waals surface area contributed by atoms with Crippen LogP contribution in [0.2, 0.25) is 0 Å². The maximum absolute atomic E-state index is 11.1. The smallest absolute Gasteiger partial charge is 0.304 e. The van der Waals surface area contributed by atoms with Gasteiger partial charge in [-0.1, -0.05) is 18.2 Å². The van der Waals surface area contributed by atoms with Gasteiger partial charge in [-0.2, -0.15) is 5.26 Å². The van der Waals surface area contributed by atoms with E-state index in [4.69, 9.17) is 9.47 Å². The standard InChI is InChI=1S/C16H15NO3/c1-11(18)20-16(2,10-17)14-6-4-13-9-15(19-3)7-5-12(13)8-14/h4-9H,1-3H3. The second kappa shape index (κ2) is 5.22. The molecule has 0 aliphatic heterocycles. The van der Waals surface area contributed by atoms with Gasteiger partial charge in [0.05, 0.1) is 7.11 Å². The SMILES string of the molecule is COc1ccc2cc(C(C)(C#N)OC(C)=O)ccc2c1. The van der Waals surface area contributed by atoms with Gasteiger partial charge in [-0.25, -0.2) is 0 Å². The van der Waals surface area contributed by atoms with Gasteiger partial charge in [-0.15, -0.1) is 0 Å². The van der Waals surface area contributed by atoms with Crippen LogP contribution < -0.4 is 4.74 Å². The minimum absolute atomic E-state index is 0.483. The molecule has 4 nitrogen and oxygen atoms in total. The normalized spacial score (nSPS) is 13.3. The van der Waals surface area contributed by atoms with Crippen molar-refractivity contribution in [3.63, 3.8) is 0 Å². The van der Waals surface area contributed by atoms with Crippen LogP contribution in [0.5, 0.6) is 5.75 Å². The average molecular weight is 269 g/mol. The molecule has 4 heteroatoms. The van der Waals surface area contributed by atoms with Gasteiger partial charge in [0.15, 0.2) is 0 Å². The molecule has 0 radical (unpaired) electrons. The van der Waals surface area contributed by atoms with Crippen LogP contribution in [-0.4, -0.2) is 13.1 Å². The molecule has 2 aromatic rings. The Morgan fingerprint density at radius 2 is 1.85 bits per heavy atom. The summed E-state index contributed by atoms with van der Waals surface area (Å²) in [5.74, 6) is 0.289. The number of nitriles is 1. The van der Waals surface area contributed by atoms with Crippen LogP contribution in [-0.2, 0) is 15.1 Å². The van der Waals surface area contributed by atoms with Gasteiger partial charge in [0.1, 0.15) is 11.8 Å². The molecule has 0 fully saturated rings. The monoisotopic (exact) mass is 269 g/mol. The maximum Gasteiger partial charge on any atom is 0.304 e. The van der Waals surface area contributed by atoms with Crippen LogP contribution in [0.1, 0.15) is 19.4 Å². The quantitative estimate of drug-likeness (QED) is 0.803. The van der Waals surface area contributed by atoms with E-state index in [0.29, 0.717) is 5.56 Å². The molecule has 1 unspecified atom stereocenters. The first-order valence-corrected chi connectivity index (χ1v) is 6.17. The lowest BCUT2D eigenvalue weighted by Crippen LogP contribution is -2.26. The summed E-state index contributed by atoms with van der Waals surface area (Å²) in [7, 11) is 1.61. The maximum atomic E-state index is 11.1. The van der Waals surface area contributed by atoms with Crippen LogP contribution >= 0.6 is 0 Å². The molecular weight excluding hydrogens is 254 g/mol. The minimum atomic E-state index is -1.28. The fourth-order valence-electron chi connectivity index (χ4n) is 2.08. The first-order chi connectivity index (χ1) is 9.48. The van der Waals surface area contributed by atoms with Gasteiger partial charge in [0.2, 0.25) is 5.60 Å². The third-order valence-electron chi connectivity index (χ3n) is 3.16. The molecule has 0 saturated heterocycles. The van der Waals surface area contributed by atoms with Crippen molar-refractivity contribution in [1.29, 1.82) is 5.26 Å². The molecule has 0 saturated carbocycles. The number of carbonyl (C=O) groups excluding carboxylic acids is 1. The fourth-order valence-corrected chi connectivity index (χ4v) is 2.08. The lowest BCUT2D eigenvalue weighted by Gasteiger charge is -2.22. The van der Waals surface area contributed by atoms with Crippen molar-refractivity contribution in [3.8, 4) is 11.8 Å². The van der Waals surface area contributed by atoms with Crippen LogP contribution in [0, 0.1) is 11.3 Å². The van der Waals surface area contributed by atoms with Crippen molar-refractivity contribution in [3.05, 3.63) is 42.0 Å². The molecule has 0 aliphatic rings. The average Bonchev–Trinajstić information content (AvgIpc) is 2.45. The predicted molar refractivity (Wildman–Crippen MR) is 75.2 cm³/mol. The van der Waals surface area contributed by atoms with E-state index in [0.717, 1.165) is 16.5 Å². The third-order valence-corrected chi connectivity index (χ3v) is 3.16. The highest BCUT2D eigenvalue weighted by Gasteiger charge is 2.30. The predicted octanol–water partition coefficient (Wildman–Crippen LogP) is 3.15. The van der Waals surface area contributed by atoms with Crippen molar-refractivity contribution in [2.75, 3.05) is 7.11 Å². The molecule has 0 heterocycles. The molecule has 0 spiro atoms. The molecule has 0 aromatic heterocycles. The summed E-state index contributed by atoms with van der Waals surface area (Å²) in [6.07, 6.45) is 0. The van der Waals surface area contributed by atoms with Gasteiger partial charge in [-0.05, 0) is 35.9 Å². The van der Waals surface area contributed by atoms with E-state index in [-0.39, 0.29) is 0 Å². The van der Waals surface area contributed by atoms with Gasteiger partial charge in [-0.3, -0.25) is 4.79 Å². The zero-order valence-corrected chi connectivity index (χ0v) is 11.6. The summed E-state index contributed by atoms with van der Waals surface area (Å²) in [5, 5.41) is 11.2. The van der Waals surface area contributed by atoms with Crippen molar-refractivity contribution >= 4 is 16.7 Å². The van der Waals surface area contributed by atoms with E-state index in [1.54, 1.807) is 20.1 Å². The highest BCUT2D eigenvalue weighted by atomic mass is 16.6. The lowest BCUT2D eigenvalue weighted by molar-refractivity contribution is -0.151. The van der Waals surface area contributed by atoms with E-state index in [1.807, 2.05) is 36.4 Å². The number of esters is 1. The van der Waals surface area contributed by atoms with Crippen LogP contribution in [0.4, 0.5) is 0 Å². The molecular formula is C16H15NO3. The number of fused-ring (bicyclic) bond motifs is 1. The van der Waals surface area contributed by atoms with Gasteiger partial charge in [0.25, 0.3) is 0 Å². The molecule has 1 atom stereocenters. The Hall–Kier alpha value is -2.54.